The fourth-order valence-electron chi connectivity index (χ4n) is 2.26. The monoisotopic (exact) mass is 304 g/mol. The Morgan fingerprint density at radius 3 is 2.36 bits per heavy atom. The first-order valence-corrected chi connectivity index (χ1v) is 6.99. The van der Waals surface area contributed by atoms with E-state index in [1.54, 1.807) is 25.1 Å². The normalized spacial score (nSPS) is 10.4. The van der Waals surface area contributed by atoms with Gasteiger partial charge in [-0.05, 0) is 19.1 Å². The number of oxazole rings is 1. The van der Waals surface area contributed by atoms with Gasteiger partial charge in [-0.25, -0.2) is 4.98 Å². The Bertz CT molecular complexity index is 642. The molecule has 1 aromatic heterocycles. The molecule has 0 aliphatic rings. The Balaban J connectivity index is 2.05. The molecule has 6 heteroatoms. The molecule has 0 aliphatic heterocycles. The van der Waals surface area contributed by atoms with E-state index in [1.807, 2.05) is 6.92 Å². The molecule has 1 N–H and O–H groups in total. The fraction of sp³-hybridized carbons (Fsp3) is 0.375. The molecule has 0 radical (unpaired) electrons. The van der Waals surface area contributed by atoms with E-state index in [0.29, 0.717) is 35.9 Å². The molecule has 0 fully saturated rings. The molecular formula is C16H20N2O4. The summed E-state index contributed by atoms with van der Waals surface area (Å²) in [6, 6.07) is 5.22. The molecule has 118 valence electrons. The van der Waals surface area contributed by atoms with Gasteiger partial charge in [0.25, 0.3) is 5.91 Å². The second kappa shape index (κ2) is 6.98. The number of carbonyl (C=O) groups is 1. The van der Waals surface area contributed by atoms with Gasteiger partial charge in [0.2, 0.25) is 0 Å². The highest BCUT2D eigenvalue weighted by Gasteiger charge is 2.18. The first kappa shape index (κ1) is 15.9. The highest BCUT2D eigenvalue weighted by Crippen LogP contribution is 2.27. The smallest absolute Gasteiger partial charge is 0.258 e. The van der Waals surface area contributed by atoms with Crippen LogP contribution in [-0.4, -0.2) is 31.7 Å². The van der Waals surface area contributed by atoms with Crippen LogP contribution in [0.15, 0.2) is 22.6 Å². The van der Waals surface area contributed by atoms with Crippen LogP contribution in [-0.2, 0) is 6.42 Å². The number of hydrogen-bond acceptors (Lipinski definition) is 5. The largest absolute Gasteiger partial charge is 0.496 e. The molecule has 0 saturated carbocycles. The highest BCUT2D eigenvalue weighted by atomic mass is 16.5. The summed E-state index contributed by atoms with van der Waals surface area (Å²) in [5, 5.41) is 2.85. The molecule has 0 atom stereocenters. The van der Waals surface area contributed by atoms with Crippen LogP contribution in [0.3, 0.4) is 0 Å². The van der Waals surface area contributed by atoms with Crippen molar-refractivity contribution in [2.24, 2.45) is 0 Å². The third-order valence-electron chi connectivity index (χ3n) is 3.29. The second-order valence-corrected chi connectivity index (χ2v) is 4.78. The van der Waals surface area contributed by atoms with Gasteiger partial charge >= 0.3 is 0 Å². The lowest BCUT2D eigenvalue weighted by molar-refractivity contribution is 0.0947. The Kier molecular flexibility index (Phi) is 5.04. The average molecular weight is 304 g/mol. The van der Waals surface area contributed by atoms with Crippen molar-refractivity contribution in [1.29, 1.82) is 0 Å². The van der Waals surface area contributed by atoms with Crippen molar-refractivity contribution in [3.05, 3.63) is 41.1 Å². The van der Waals surface area contributed by atoms with Gasteiger partial charge in [-0.2, -0.15) is 0 Å². The van der Waals surface area contributed by atoms with Crippen LogP contribution in [0.1, 0.15) is 27.7 Å². The second-order valence-electron chi connectivity index (χ2n) is 4.78. The topological polar surface area (TPSA) is 73.6 Å². The van der Waals surface area contributed by atoms with Gasteiger partial charge in [0, 0.05) is 19.9 Å². The number of ether oxygens (including phenoxy) is 2. The van der Waals surface area contributed by atoms with E-state index in [0.717, 1.165) is 11.5 Å². The van der Waals surface area contributed by atoms with Gasteiger partial charge in [0.1, 0.15) is 22.8 Å². The van der Waals surface area contributed by atoms with E-state index in [4.69, 9.17) is 13.9 Å². The molecule has 1 heterocycles. The van der Waals surface area contributed by atoms with Crippen molar-refractivity contribution >= 4 is 5.91 Å². The van der Waals surface area contributed by atoms with E-state index in [9.17, 15) is 4.79 Å². The van der Waals surface area contributed by atoms with Crippen molar-refractivity contribution in [2.45, 2.75) is 20.3 Å². The van der Waals surface area contributed by atoms with Crippen LogP contribution in [0.4, 0.5) is 0 Å². The number of aryl methyl sites for hydroxylation is 2. The molecule has 6 nitrogen and oxygen atoms in total. The van der Waals surface area contributed by atoms with Crippen LogP contribution < -0.4 is 14.8 Å². The molecule has 0 aliphatic carbocycles. The summed E-state index contributed by atoms with van der Waals surface area (Å²) in [6.07, 6.45) is 0.579. The van der Waals surface area contributed by atoms with Crippen molar-refractivity contribution in [1.82, 2.24) is 10.3 Å². The number of benzene rings is 1. The van der Waals surface area contributed by atoms with Gasteiger partial charge in [-0.3, -0.25) is 4.79 Å². The summed E-state index contributed by atoms with van der Waals surface area (Å²) in [5.41, 5.74) is 1.24. The summed E-state index contributed by atoms with van der Waals surface area (Å²) in [4.78, 5) is 16.6. The molecule has 0 bridgehead atoms. The molecule has 0 spiro atoms. The van der Waals surface area contributed by atoms with Crippen molar-refractivity contribution in [3.8, 4) is 11.5 Å². The number of nitrogens with one attached hydrogen (secondary N) is 1. The van der Waals surface area contributed by atoms with Crippen molar-refractivity contribution in [2.75, 3.05) is 20.8 Å². The number of amides is 1. The first-order chi connectivity index (χ1) is 10.6. The molecule has 0 unspecified atom stereocenters. The maximum absolute atomic E-state index is 12.4. The van der Waals surface area contributed by atoms with Crippen LogP contribution in [0.25, 0.3) is 0 Å². The lowest BCUT2D eigenvalue weighted by Gasteiger charge is -2.12. The lowest BCUT2D eigenvalue weighted by Crippen LogP contribution is -2.26. The summed E-state index contributed by atoms with van der Waals surface area (Å²) in [7, 11) is 3.04. The minimum absolute atomic E-state index is 0.247. The molecule has 2 aromatic rings. The Morgan fingerprint density at radius 1 is 1.23 bits per heavy atom. The zero-order chi connectivity index (χ0) is 16.1. The Morgan fingerprint density at radius 2 is 1.86 bits per heavy atom. The standard InChI is InChI=1S/C16H20N2O4/c1-10-12(22-11(2)18-10)8-9-17-16(19)15-13(20-3)6-5-7-14(15)21-4/h5-7H,8-9H2,1-4H3,(H,17,19). The zero-order valence-corrected chi connectivity index (χ0v) is 13.2. The predicted octanol–water partition coefficient (Wildman–Crippen LogP) is 2.28. The minimum atomic E-state index is -0.247. The number of methoxy groups -OCH3 is 2. The fourth-order valence-corrected chi connectivity index (χ4v) is 2.26. The third-order valence-corrected chi connectivity index (χ3v) is 3.29. The number of aromatic nitrogens is 1. The van der Waals surface area contributed by atoms with Crippen LogP contribution in [0.2, 0.25) is 0 Å². The molecular weight excluding hydrogens is 284 g/mol. The predicted molar refractivity (Wildman–Crippen MR) is 81.6 cm³/mol. The molecule has 22 heavy (non-hydrogen) atoms. The van der Waals surface area contributed by atoms with Gasteiger partial charge in [-0.1, -0.05) is 6.07 Å². The maximum atomic E-state index is 12.4. The summed E-state index contributed by atoms with van der Waals surface area (Å²) in [6.45, 7) is 4.13. The van der Waals surface area contributed by atoms with E-state index < -0.39 is 0 Å². The number of carbonyl (C=O) groups excluding carboxylic acids is 1. The van der Waals surface area contributed by atoms with E-state index in [2.05, 4.69) is 10.3 Å². The average Bonchev–Trinajstić information content (AvgIpc) is 2.84. The summed E-state index contributed by atoms with van der Waals surface area (Å²) < 4.78 is 15.9. The van der Waals surface area contributed by atoms with Gasteiger partial charge < -0.3 is 19.2 Å². The maximum Gasteiger partial charge on any atom is 0.258 e. The van der Waals surface area contributed by atoms with Crippen LogP contribution in [0.5, 0.6) is 11.5 Å². The Labute approximate surface area is 129 Å². The molecule has 2 rings (SSSR count). The van der Waals surface area contributed by atoms with Crippen molar-refractivity contribution < 1.29 is 18.7 Å². The molecule has 0 saturated heterocycles. The zero-order valence-electron chi connectivity index (χ0n) is 13.2. The SMILES string of the molecule is COc1cccc(OC)c1C(=O)NCCc1oc(C)nc1C. The number of rotatable bonds is 6. The van der Waals surface area contributed by atoms with Gasteiger partial charge in [0.05, 0.1) is 19.9 Å². The first-order valence-electron chi connectivity index (χ1n) is 6.99. The number of hydrogen-bond donors (Lipinski definition) is 1. The van der Waals surface area contributed by atoms with Gasteiger partial charge in [-0.15, -0.1) is 0 Å². The highest BCUT2D eigenvalue weighted by molar-refractivity contribution is 5.99. The number of nitrogens with zero attached hydrogens (tertiary/aromatic N) is 1. The quantitative estimate of drug-likeness (QED) is 0.886. The van der Waals surface area contributed by atoms with Crippen LogP contribution >= 0.6 is 0 Å². The lowest BCUT2D eigenvalue weighted by atomic mass is 10.1. The molecule has 1 amide bonds. The van der Waals surface area contributed by atoms with E-state index in [-0.39, 0.29) is 5.91 Å². The summed E-state index contributed by atoms with van der Waals surface area (Å²) >= 11 is 0. The summed E-state index contributed by atoms with van der Waals surface area (Å²) in [5.74, 6) is 2.12. The molecule has 1 aromatic carbocycles. The minimum Gasteiger partial charge on any atom is -0.496 e. The van der Waals surface area contributed by atoms with Crippen molar-refractivity contribution in [3.63, 3.8) is 0 Å². The van der Waals surface area contributed by atoms with Gasteiger partial charge in [0.15, 0.2) is 5.89 Å². The van der Waals surface area contributed by atoms with E-state index >= 15 is 0 Å². The Hall–Kier alpha value is -2.50. The van der Waals surface area contributed by atoms with E-state index in [1.165, 1.54) is 14.2 Å². The van der Waals surface area contributed by atoms with Crippen LogP contribution in [0, 0.1) is 13.8 Å². The third kappa shape index (κ3) is 3.39.